The van der Waals surface area contributed by atoms with Crippen LogP contribution in [0.15, 0.2) is 42.5 Å². The highest BCUT2D eigenvalue weighted by Crippen LogP contribution is 2.30. The molecule has 1 atom stereocenters. The van der Waals surface area contributed by atoms with Gasteiger partial charge in [0.25, 0.3) is 0 Å². The summed E-state index contributed by atoms with van der Waals surface area (Å²) in [6.45, 7) is 5.06. The molecule has 1 aliphatic heterocycles. The molecule has 6 heteroatoms. The Labute approximate surface area is 185 Å². The lowest BCUT2D eigenvalue weighted by atomic mass is 9.88. The van der Waals surface area contributed by atoms with Crippen molar-refractivity contribution in [2.75, 3.05) is 46.9 Å². The fraction of sp³-hybridized carbons (Fsp3) is 0.480. The van der Waals surface area contributed by atoms with Crippen LogP contribution in [0.5, 0.6) is 11.5 Å². The lowest BCUT2D eigenvalue weighted by molar-refractivity contribution is -0.123. The molecule has 2 aliphatic rings. The molecular formula is C25H33N3O3. The van der Waals surface area contributed by atoms with Gasteiger partial charge in [0.2, 0.25) is 5.91 Å². The van der Waals surface area contributed by atoms with Gasteiger partial charge in [0, 0.05) is 32.7 Å². The smallest absolute Gasteiger partial charge is 0.234 e. The number of fused-ring (bicyclic) bond motifs is 1. The first-order valence-electron chi connectivity index (χ1n) is 11.2. The van der Waals surface area contributed by atoms with E-state index in [0.717, 1.165) is 63.5 Å². The van der Waals surface area contributed by atoms with Crippen LogP contribution in [0.4, 0.5) is 0 Å². The third-order valence-corrected chi connectivity index (χ3v) is 6.39. The largest absolute Gasteiger partial charge is 0.493 e. The van der Waals surface area contributed by atoms with E-state index in [9.17, 15) is 4.79 Å². The molecule has 1 N–H and O–H groups in total. The van der Waals surface area contributed by atoms with Crippen molar-refractivity contribution in [3.05, 3.63) is 59.2 Å². The maximum atomic E-state index is 12.7. The Morgan fingerprint density at radius 3 is 2.52 bits per heavy atom. The molecule has 1 fully saturated rings. The lowest BCUT2D eigenvalue weighted by Gasteiger charge is -2.35. The van der Waals surface area contributed by atoms with E-state index in [1.165, 1.54) is 16.7 Å². The van der Waals surface area contributed by atoms with Gasteiger partial charge >= 0.3 is 0 Å². The van der Waals surface area contributed by atoms with Crippen LogP contribution in [-0.4, -0.2) is 62.7 Å². The molecule has 0 bridgehead atoms. The number of piperazine rings is 1. The van der Waals surface area contributed by atoms with Crippen LogP contribution in [0, 0.1) is 0 Å². The van der Waals surface area contributed by atoms with Crippen LogP contribution in [0.2, 0.25) is 0 Å². The molecule has 0 aromatic heterocycles. The SMILES string of the molecule is COc1ccc(CN2CCN(CC(=O)N[C@H]3CCCc4ccccc43)CC2)cc1OC. The molecule has 0 spiro atoms. The van der Waals surface area contributed by atoms with E-state index < -0.39 is 0 Å². The molecule has 0 unspecified atom stereocenters. The minimum absolute atomic E-state index is 0.134. The highest BCUT2D eigenvalue weighted by Gasteiger charge is 2.24. The maximum Gasteiger partial charge on any atom is 0.234 e. The summed E-state index contributed by atoms with van der Waals surface area (Å²) >= 11 is 0. The molecule has 2 aromatic carbocycles. The Kier molecular flexibility index (Phi) is 7.10. The predicted octanol–water partition coefficient (Wildman–Crippen LogP) is 3.02. The van der Waals surface area contributed by atoms with Gasteiger partial charge < -0.3 is 14.8 Å². The van der Waals surface area contributed by atoms with Crippen LogP contribution >= 0.6 is 0 Å². The van der Waals surface area contributed by atoms with Crippen molar-refractivity contribution in [3.63, 3.8) is 0 Å². The van der Waals surface area contributed by atoms with Gasteiger partial charge in [-0.15, -0.1) is 0 Å². The van der Waals surface area contributed by atoms with E-state index in [2.05, 4.69) is 45.4 Å². The summed E-state index contributed by atoms with van der Waals surface area (Å²) in [5.41, 5.74) is 3.88. The predicted molar refractivity (Wildman–Crippen MR) is 122 cm³/mol. The average molecular weight is 424 g/mol. The normalized spacial score (nSPS) is 19.5. The van der Waals surface area contributed by atoms with Crippen molar-refractivity contribution in [2.45, 2.75) is 31.8 Å². The number of rotatable bonds is 7. The number of benzene rings is 2. The van der Waals surface area contributed by atoms with E-state index in [1.807, 2.05) is 12.1 Å². The van der Waals surface area contributed by atoms with Crippen molar-refractivity contribution in [3.8, 4) is 11.5 Å². The van der Waals surface area contributed by atoms with E-state index in [4.69, 9.17) is 9.47 Å². The van der Waals surface area contributed by atoms with E-state index in [0.29, 0.717) is 6.54 Å². The summed E-state index contributed by atoms with van der Waals surface area (Å²) < 4.78 is 10.7. The third-order valence-electron chi connectivity index (χ3n) is 6.39. The molecular weight excluding hydrogens is 390 g/mol. The van der Waals surface area contributed by atoms with E-state index >= 15 is 0 Å². The fourth-order valence-electron chi connectivity index (χ4n) is 4.69. The van der Waals surface area contributed by atoms with Gasteiger partial charge in [0.15, 0.2) is 11.5 Å². The number of carbonyl (C=O) groups excluding carboxylic acids is 1. The number of methoxy groups -OCH3 is 2. The van der Waals surface area contributed by atoms with Crippen molar-refractivity contribution in [2.24, 2.45) is 0 Å². The zero-order chi connectivity index (χ0) is 21.6. The Bertz CT molecular complexity index is 893. The zero-order valence-corrected chi connectivity index (χ0v) is 18.6. The molecule has 2 aromatic rings. The van der Waals surface area contributed by atoms with E-state index in [-0.39, 0.29) is 11.9 Å². The van der Waals surface area contributed by atoms with Crippen LogP contribution < -0.4 is 14.8 Å². The molecule has 1 amide bonds. The number of carbonyl (C=O) groups is 1. The second-order valence-corrected chi connectivity index (χ2v) is 8.45. The Morgan fingerprint density at radius 2 is 1.74 bits per heavy atom. The van der Waals surface area contributed by atoms with Crippen molar-refractivity contribution in [1.29, 1.82) is 0 Å². The highest BCUT2D eigenvalue weighted by molar-refractivity contribution is 5.78. The lowest BCUT2D eigenvalue weighted by Crippen LogP contribution is -2.49. The van der Waals surface area contributed by atoms with Crippen molar-refractivity contribution in [1.82, 2.24) is 15.1 Å². The summed E-state index contributed by atoms with van der Waals surface area (Å²) in [6, 6.07) is 14.7. The first kappa shape index (κ1) is 21.7. The standard InChI is InChI=1S/C25H33N3O3/c1-30-23-11-10-19(16-24(23)31-2)17-27-12-14-28(15-13-27)18-25(29)26-22-9-5-7-20-6-3-4-8-21(20)22/h3-4,6,8,10-11,16,22H,5,7,9,12-15,17-18H2,1-2H3,(H,26,29)/t22-/m0/s1. The molecule has 1 aliphatic carbocycles. The van der Waals surface area contributed by atoms with Crippen LogP contribution in [0.3, 0.4) is 0 Å². The summed E-state index contributed by atoms with van der Waals surface area (Å²) in [5, 5.41) is 3.28. The topological polar surface area (TPSA) is 54.0 Å². The number of amides is 1. The van der Waals surface area contributed by atoms with Crippen LogP contribution in [0.25, 0.3) is 0 Å². The Hall–Kier alpha value is -2.57. The van der Waals surface area contributed by atoms with Crippen molar-refractivity contribution >= 4 is 5.91 Å². The molecule has 166 valence electrons. The van der Waals surface area contributed by atoms with Gasteiger partial charge in [0.05, 0.1) is 26.8 Å². The number of ether oxygens (including phenoxy) is 2. The third kappa shape index (κ3) is 5.38. The van der Waals surface area contributed by atoms with Gasteiger partial charge in [-0.25, -0.2) is 0 Å². The first-order valence-corrected chi connectivity index (χ1v) is 11.2. The number of nitrogens with one attached hydrogen (secondary N) is 1. The van der Waals surface area contributed by atoms with E-state index in [1.54, 1.807) is 14.2 Å². The van der Waals surface area contributed by atoms with Crippen LogP contribution in [0.1, 0.15) is 35.6 Å². The van der Waals surface area contributed by atoms with Crippen LogP contribution in [-0.2, 0) is 17.8 Å². The van der Waals surface area contributed by atoms with Gasteiger partial charge in [-0.3, -0.25) is 14.6 Å². The fourth-order valence-corrected chi connectivity index (χ4v) is 4.69. The molecule has 6 nitrogen and oxygen atoms in total. The van der Waals surface area contributed by atoms with Crippen molar-refractivity contribution < 1.29 is 14.3 Å². The summed E-state index contributed by atoms with van der Waals surface area (Å²) in [7, 11) is 3.32. The molecule has 31 heavy (non-hydrogen) atoms. The average Bonchev–Trinajstić information content (AvgIpc) is 2.80. The van der Waals surface area contributed by atoms with Gasteiger partial charge in [0.1, 0.15) is 0 Å². The Morgan fingerprint density at radius 1 is 1.00 bits per heavy atom. The molecule has 1 saturated heterocycles. The maximum absolute atomic E-state index is 12.7. The molecule has 1 heterocycles. The number of nitrogens with zero attached hydrogens (tertiary/aromatic N) is 2. The monoisotopic (exact) mass is 423 g/mol. The Balaban J connectivity index is 1.25. The quantitative estimate of drug-likeness (QED) is 0.742. The minimum atomic E-state index is 0.134. The first-order chi connectivity index (χ1) is 15.2. The van der Waals surface area contributed by atoms with Gasteiger partial charge in [-0.05, 0) is 48.1 Å². The second-order valence-electron chi connectivity index (χ2n) is 8.45. The second kappa shape index (κ2) is 10.2. The van der Waals surface area contributed by atoms with Gasteiger partial charge in [-0.1, -0.05) is 30.3 Å². The molecule has 0 saturated carbocycles. The number of hydrogen-bond donors (Lipinski definition) is 1. The highest BCUT2D eigenvalue weighted by atomic mass is 16.5. The summed E-state index contributed by atoms with van der Waals surface area (Å²) in [6.07, 6.45) is 3.28. The zero-order valence-electron chi connectivity index (χ0n) is 18.6. The molecule has 0 radical (unpaired) electrons. The minimum Gasteiger partial charge on any atom is -0.493 e. The van der Waals surface area contributed by atoms with Gasteiger partial charge in [-0.2, -0.15) is 0 Å². The summed E-state index contributed by atoms with van der Waals surface area (Å²) in [4.78, 5) is 17.4. The summed E-state index contributed by atoms with van der Waals surface area (Å²) in [5.74, 6) is 1.65. The molecule has 4 rings (SSSR count). The number of aryl methyl sites for hydroxylation is 1. The number of hydrogen-bond acceptors (Lipinski definition) is 5.